The predicted octanol–water partition coefficient (Wildman–Crippen LogP) is 2.98. The van der Waals surface area contributed by atoms with Gasteiger partial charge in [0.2, 0.25) is 5.75 Å². The largest absolute Gasteiger partial charge is 0.493 e. The highest BCUT2D eigenvalue weighted by atomic mass is 16.5. The van der Waals surface area contributed by atoms with Crippen LogP contribution in [0.3, 0.4) is 0 Å². The van der Waals surface area contributed by atoms with Gasteiger partial charge < -0.3 is 34.3 Å². The van der Waals surface area contributed by atoms with E-state index >= 15 is 0 Å². The lowest BCUT2D eigenvalue weighted by Gasteiger charge is -2.16. The second kappa shape index (κ2) is 11.6. The molecule has 0 aliphatic rings. The van der Waals surface area contributed by atoms with Gasteiger partial charge in [-0.1, -0.05) is 12.1 Å². The van der Waals surface area contributed by atoms with Crippen molar-refractivity contribution in [1.82, 2.24) is 10.6 Å². The van der Waals surface area contributed by atoms with Crippen LogP contribution in [-0.2, 0) is 13.1 Å². The van der Waals surface area contributed by atoms with Crippen LogP contribution < -0.4 is 34.3 Å². The van der Waals surface area contributed by atoms with Gasteiger partial charge in [-0.15, -0.1) is 0 Å². The molecule has 30 heavy (non-hydrogen) atoms. The summed E-state index contributed by atoms with van der Waals surface area (Å²) in [6.45, 7) is 3.71. The van der Waals surface area contributed by atoms with Crippen LogP contribution in [0.4, 0.5) is 0 Å². The quantitative estimate of drug-likeness (QED) is 0.454. The first-order valence-electron chi connectivity index (χ1n) is 9.62. The van der Waals surface area contributed by atoms with Gasteiger partial charge in [0, 0.05) is 18.7 Å². The number of aliphatic imine (C=N–C) groups is 1. The van der Waals surface area contributed by atoms with E-state index in [0.717, 1.165) is 17.7 Å². The van der Waals surface area contributed by atoms with Gasteiger partial charge in [-0.3, -0.25) is 0 Å². The van der Waals surface area contributed by atoms with Gasteiger partial charge >= 0.3 is 0 Å². The minimum Gasteiger partial charge on any atom is -0.493 e. The molecule has 2 aromatic carbocycles. The van der Waals surface area contributed by atoms with E-state index in [2.05, 4.69) is 15.6 Å². The maximum atomic E-state index is 5.50. The molecule has 0 amide bonds. The Kier molecular flexibility index (Phi) is 8.93. The number of benzene rings is 2. The number of rotatable bonds is 10. The van der Waals surface area contributed by atoms with Crippen molar-refractivity contribution in [2.75, 3.05) is 42.1 Å². The molecule has 164 valence electrons. The fourth-order valence-electron chi connectivity index (χ4n) is 3.01. The third-order valence-corrected chi connectivity index (χ3v) is 4.42. The molecule has 0 saturated heterocycles. The number of nitrogens with one attached hydrogen (secondary N) is 2. The molecule has 0 heterocycles. The van der Waals surface area contributed by atoms with Crippen molar-refractivity contribution in [3.8, 4) is 28.7 Å². The average molecular weight is 418 g/mol. The van der Waals surface area contributed by atoms with Crippen LogP contribution in [0.5, 0.6) is 28.7 Å². The maximum absolute atomic E-state index is 5.50. The molecule has 0 aromatic heterocycles. The highest BCUT2D eigenvalue weighted by molar-refractivity contribution is 5.79. The van der Waals surface area contributed by atoms with Crippen LogP contribution >= 0.6 is 0 Å². The fraction of sp³-hybridized carbons (Fsp3) is 0.409. The smallest absolute Gasteiger partial charge is 0.203 e. The molecule has 2 rings (SSSR count). The molecule has 0 aliphatic heterocycles. The standard InChI is InChI=1S/C22H31N3O5/c1-7-23-22(25-14-16-9-8-10-17(26-2)20(16)29-5)24-13-15-11-18(27-3)21(30-6)19(12-15)28-4/h8-12H,7,13-14H2,1-6H3,(H2,23,24,25). The number of para-hydroxylation sites is 1. The Morgan fingerprint density at radius 1 is 0.800 bits per heavy atom. The van der Waals surface area contributed by atoms with Gasteiger partial charge in [-0.05, 0) is 30.7 Å². The van der Waals surface area contributed by atoms with E-state index in [9.17, 15) is 0 Å². The summed E-state index contributed by atoms with van der Waals surface area (Å²) in [7, 11) is 8.02. The molecule has 0 saturated carbocycles. The molecule has 8 heteroatoms. The third-order valence-electron chi connectivity index (χ3n) is 4.42. The second-order valence-electron chi connectivity index (χ2n) is 6.23. The van der Waals surface area contributed by atoms with E-state index in [4.69, 9.17) is 23.7 Å². The lowest BCUT2D eigenvalue weighted by Crippen LogP contribution is -2.36. The molecule has 2 N–H and O–H groups in total. The van der Waals surface area contributed by atoms with Gasteiger partial charge in [-0.2, -0.15) is 0 Å². The number of ether oxygens (including phenoxy) is 5. The van der Waals surface area contributed by atoms with Crippen molar-refractivity contribution >= 4 is 5.96 Å². The van der Waals surface area contributed by atoms with Crippen LogP contribution in [0, 0.1) is 0 Å². The van der Waals surface area contributed by atoms with Gasteiger partial charge in [0.05, 0.1) is 42.1 Å². The Bertz CT molecular complexity index is 830. The monoisotopic (exact) mass is 417 g/mol. The molecule has 0 aliphatic carbocycles. The van der Waals surface area contributed by atoms with Crippen molar-refractivity contribution < 1.29 is 23.7 Å². The number of nitrogens with zero attached hydrogens (tertiary/aromatic N) is 1. The molecular formula is C22H31N3O5. The van der Waals surface area contributed by atoms with E-state index < -0.39 is 0 Å². The molecule has 0 unspecified atom stereocenters. The molecule has 0 atom stereocenters. The summed E-state index contributed by atoms with van der Waals surface area (Å²) in [6.07, 6.45) is 0. The van der Waals surface area contributed by atoms with E-state index in [1.807, 2.05) is 37.3 Å². The fourth-order valence-corrected chi connectivity index (χ4v) is 3.01. The Morgan fingerprint density at radius 3 is 1.97 bits per heavy atom. The molecule has 0 fully saturated rings. The molecule has 0 spiro atoms. The second-order valence-corrected chi connectivity index (χ2v) is 6.23. The number of methoxy groups -OCH3 is 5. The Hall–Kier alpha value is -3.29. The highest BCUT2D eigenvalue weighted by Crippen LogP contribution is 2.38. The summed E-state index contributed by atoms with van der Waals surface area (Å²) >= 11 is 0. The molecule has 8 nitrogen and oxygen atoms in total. The highest BCUT2D eigenvalue weighted by Gasteiger charge is 2.13. The number of guanidine groups is 1. The van der Waals surface area contributed by atoms with Crippen LogP contribution in [0.1, 0.15) is 18.1 Å². The normalized spacial score (nSPS) is 10.9. The Morgan fingerprint density at radius 2 is 1.43 bits per heavy atom. The zero-order valence-electron chi connectivity index (χ0n) is 18.5. The summed E-state index contributed by atoms with van der Waals surface area (Å²) in [4.78, 5) is 4.67. The summed E-state index contributed by atoms with van der Waals surface area (Å²) in [5, 5.41) is 6.58. The summed E-state index contributed by atoms with van der Waals surface area (Å²) in [5.41, 5.74) is 1.90. The van der Waals surface area contributed by atoms with Crippen LogP contribution in [-0.4, -0.2) is 48.1 Å². The van der Waals surface area contributed by atoms with Crippen molar-refractivity contribution in [3.05, 3.63) is 41.5 Å². The van der Waals surface area contributed by atoms with Crippen molar-refractivity contribution in [1.29, 1.82) is 0 Å². The van der Waals surface area contributed by atoms with E-state index in [-0.39, 0.29) is 0 Å². The summed E-state index contributed by atoms with van der Waals surface area (Å²) < 4.78 is 27.1. The van der Waals surface area contributed by atoms with Crippen LogP contribution in [0.15, 0.2) is 35.3 Å². The molecule has 0 radical (unpaired) electrons. The molecular weight excluding hydrogens is 386 g/mol. The van der Waals surface area contributed by atoms with E-state index in [1.165, 1.54) is 0 Å². The van der Waals surface area contributed by atoms with Crippen LogP contribution in [0.2, 0.25) is 0 Å². The van der Waals surface area contributed by atoms with Crippen molar-refractivity contribution in [3.63, 3.8) is 0 Å². The number of hydrogen-bond donors (Lipinski definition) is 2. The zero-order chi connectivity index (χ0) is 21.9. The Labute approximate surface area is 178 Å². The number of hydrogen-bond acceptors (Lipinski definition) is 6. The Balaban J connectivity index is 2.19. The predicted molar refractivity (Wildman–Crippen MR) is 117 cm³/mol. The lowest BCUT2D eigenvalue weighted by atomic mass is 10.2. The maximum Gasteiger partial charge on any atom is 0.203 e. The van der Waals surface area contributed by atoms with Crippen molar-refractivity contribution in [2.45, 2.75) is 20.0 Å². The minimum absolute atomic E-state index is 0.432. The van der Waals surface area contributed by atoms with Gasteiger partial charge in [-0.25, -0.2) is 4.99 Å². The topological polar surface area (TPSA) is 82.6 Å². The first-order valence-corrected chi connectivity index (χ1v) is 9.62. The summed E-state index contributed by atoms with van der Waals surface area (Å²) in [5.74, 6) is 3.82. The SMILES string of the molecule is CCNC(=NCc1cc(OC)c(OC)c(OC)c1)NCc1cccc(OC)c1OC. The minimum atomic E-state index is 0.432. The van der Waals surface area contributed by atoms with E-state index in [0.29, 0.717) is 47.8 Å². The lowest BCUT2D eigenvalue weighted by molar-refractivity contribution is 0.324. The van der Waals surface area contributed by atoms with Gasteiger partial charge in [0.25, 0.3) is 0 Å². The van der Waals surface area contributed by atoms with Gasteiger partial charge in [0.15, 0.2) is 29.0 Å². The zero-order valence-corrected chi connectivity index (χ0v) is 18.5. The van der Waals surface area contributed by atoms with Crippen LogP contribution in [0.25, 0.3) is 0 Å². The molecule has 0 bridgehead atoms. The average Bonchev–Trinajstić information content (AvgIpc) is 2.79. The first kappa shape index (κ1) is 23.0. The van der Waals surface area contributed by atoms with Crippen molar-refractivity contribution in [2.24, 2.45) is 4.99 Å². The first-order chi connectivity index (χ1) is 14.6. The molecule has 2 aromatic rings. The summed E-state index contributed by atoms with van der Waals surface area (Å²) in [6, 6.07) is 9.56. The van der Waals surface area contributed by atoms with E-state index in [1.54, 1.807) is 35.5 Å². The van der Waals surface area contributed by atoms with Gasteiger partial charge in [0.1, 0.15) is 0 Å². The third kappa shape index (κ3) is 5.62.